The molecule has 0 bridgehead atoms. The van der Waals surface area contributed by atoms with Crippen LogP contribution in [0.15, 0.2) is 23.8 Å². The van der Waals surface area contributed by atoms with Crippen molar-refractivity contribution in [2.75, 3.05) is 0 Å². The van der Waals surface area contributed by atoms with Gasteiger partial charge in [-0.05, 0) is 57.3 Å². The normalized spacial score (nSPS) is 18.8. The van der Waals surface area contributed by atoms with Gasteiger partial charge in [-0.2, -0.15) is 0 Å². The van der Waals surface area contributed by atoms with Crippen LogP contribution in [0.3, 0.4) is 0 Å². The lowest BCUT2D eigenvalue weighted by molar-refractivity contribution is -0.163. The summed E-state index contributed by atoms with van der Waals surface area (Å²) >= 11 is 0. The molecule has 0 spiro atoms. The van der Waals surface area contributed by atoms with Crippen LogP contribution >= 0.6 is 0 Å². The summed E-state index contributed by atoms with van der Waals surface area (Å²) in [5.41, 5.74) is 0.981. The summed E-state index contributed by atoms with van der Waals surface area (Å²) in [7, 11) is 0. The number of carboxylic acids is 3. The fraction of sp³-hybridized carbons (Fsp3) is 0.735. The van der Waals surface area contributed by atoms with Gasteiger partial charge >= 0.3 is 23.9 Å². The molecule has 0 radical (unpaired) electrons. The minimum Gasteiger partial charge on any atom is -0.481 e. The first kappa shape index (κ1) is 42.9. The summed E-state index contributed by atoms with van der Waals surface area (Å²) in [4.78, 5) is 58.5. The molecular weight excluding hydrogens is 600 g/mol. The number of allylic oxidation sites excluding steroid dienone is 3. The molecule has 10 atom stereocenters. The van der Waals surface area contributed by atoms with Gasteiger partial charge in [0.25, 0.3) is 0 Å². The molecule has 6 N–H and O–H groups in total. The molecule has 0 rings (SSSR count). The molecular formula is C34H56O12. The molecule has 0 aromatic carbocycles. The maximum atomic E-state index is 12.8. The number of carboxylic acid groups (broad SMARTS) is 3. The average Bonchev–Trinajstić information content (AvgIpc) is 2.95. The zero-order valence-electron chi connectivity index (χ0n) is 28.3. The number of hydrogen-bond donors (Lipinski definition) is 6. The quantitative estimate of drug-likeness (QED) is 0.0488. The molecule has 0 aliphatic heterocycles. The van der Waals surface area contributed by atoms with Crippen molar-refractivity contribution in [3.8, 4) is 0 Å². The van der Waals surface area contributed by atoms with Crippen molar-refractivity contribution in [2.24, 2.45) is 35.5 Å². The maximum Gasteiger partial charge on any atom is 0.328 e. The van der Waals surface area contributed by atoms with E-state index in [4.69, 9.17) is 14.9 Å². The van der Waals surface area contributed by atoms with Gasteiger partial charge in [0.15, 0.2) is 0 Å². The summed E-state index contributed by atoms with van der Waals surface area (Å²) in [5, 5.41) is 58.7. The Morgan fingerprint density at radius 1 is 0.696 bits per heavy atom. The number of ketones is 1. The van der Waals surface area contributed by atoms with Crippen molar-refractivity contribution in [1.82, 2.24) is 0 Å². The van der Waals surface area contributed by atoms with Crippen LogP contribution in [0.5, 0.6) is 0 Å². The van der Waals surface area contributed by atoms with Gasteiger partial charge in [-0.25, -0.2) is 4.79 Å². The first-order valence-electron chi connectivity index (χ1n) is 16.1. The average molecular weight is 657 g/mol. The summed E-state index contributed by atoms with van der Waals surface area (Å²) in [6.07, 6.45) is 3.60. The van der Waals surface area contributed by atoms with Crippen LogP contribution < -0.4 is 0 Å². The van der Waals surface area contributed by atoms with Crippen molar-refractivity contribution < 1.29 is 59.3 Å². The van der Waals surface area contributed by atoms with Crippen LogP contribution in [0.2, 0.25) is 0 Å². The van der Waals surface area contributed by atoms with Gasteiger partial charge in [0.1, 0.15) is 11.9 Å². The van der Waals surface area contributed by atoms with E-state index in [9.17, 15) is 44.4 Å². The van der Waals surface area contributed by atoms with Crippen LogP contribution in [0.1, 0.15) is 99.8 Å². The number of aliphatic hydroxyl groups excluding tert-OH is 3. The molecule has 264 valence electrons. The van der Waals surface area contributed by atoms with E-state index in [1.54, 1.807) is 19.9 Å². The fourth-order valence-electron chi connectivity index (χ4n) is 5.32. The lowest BCUT2D eigenvalue weighted by Crippen LogP contribution is -2.39. The third-order valence-electron chi connectivity index (χ3n) is 8.84. The predicted molar refractivity (Wildman–Crippen MR) is 171 cm³/mol. The standard InChI is InChI=1S/C34H56O12/c1-8-25(13-15-30(39)40)11-9-10-19(2)16-20(3)12-14-26(35)22(5)28(37)17-27(36)21(4)24(7)46-31(41)18-29(38)32(34(44)45)23(6)33(42)43/h11,13,15,19-24,26-27,29,32,35-36,38H,8-10,12,14,16-18H2,1-7H3,(H,39,40)(H,42,43)(H,44,45)/b15-13+,25-11+/t19-,20-,21+,22-,23?,24+,26-,27+,29+,32?/m0/s1. The van der Waals surface area contributed by atoms with E-state index >= 15 is 0 Å². The summed E-state index contributed by atoms with van der Waals surface area (Å²) in [5.74, 6) is -9.16. The number of rotatable bonds is 24. The Kier molecular flexibility index (Phi) is 20.2. The van der Waals surface area contributed by atoms with E-state index in [-0.39, 0.29) is 12.2 Å². The topological polar surface area (TPSA) is 216 Å². The van der Waals surface area contributed by atoms with Gasteiger partial charge in [0.2, 0.25) is 0 Å². The smallest absolute Gasteiger partial charge is 0.328 e. The van der Waals surface area contributed by atoms with Crippen molar-refractivity contribution in [3.63, 3.8) is 0 Å². The minimum absolute atomic E-state index is 0.275. The highest BCUT2D eigenvalue weighted by molar-refractivity contribution is 5.82. The minimum atomic E-state index is -1.80. The fourth-order valence-corrected chi connectivity index (χ4v) is 5.32. The number of carbonyl (C=O) groups is 5. The first-order valence-corrected chi connectivity index (χ1v) is 16.1. The van der Waals surface area contributed by atoms with Gasteiger partial charge in [-0.3, -0.25) is 19.2 Å². The van der Waals surface area contributed by atoms with E-state index in [0.717, 1.165) is 44.3 Å². The molecule has 0 saturated heterocycles. The molecule has 46 heavy (non-hydrogen) atoms. The molecule has 0 aliphatic carbocycles. The number of esters is 1. The van der Waals surface area contributed by atoms with E-state index < -0.39 is 78.4 Å². The summed E-state index contributed by atoms with van der Waals surface area (Å²) < 4.78 is 5.23. The summed E-state index contributed by atoms with van der Waals surface area (Å²) in [6.45, 7) is 12.0. The van der Waals surface area contributed by atoms with Gasteiger partial charge in [0, 0.05) is 24.3 Å². The lowest BCUT2D eigenvalue weighted by Gasteiger charge is -2.27. The van der Waals surface area contributed by atoms with E-state index in [2.05, 4.69) is 19.9 Å². The molecule has 0 fully saturated rings. The predicted octanol–water partition coefficient (Wildman–Crippen LogP) is 4.24. The van der Waals surface area contributed by atoms with Gasteiger partial charge < -0.3 is 35.4 Å². The molecule has 0 heterocycles. The number of carbonyl (C=O) groups excluding carboxylic acids is 2. The van der Waals surface area contributed by atoms with E-state index in [0.29, 0.717) is 24.7 Å². The van der Waals surface area contributed by atoms with Crippen LogP contribution in [0, 0.1) is 35.5 Å². The van der Waals surface area contributed by atoms with Gasteiger partial charge in [-0.15, -0.1) is 0 Å². The van der Waals surface area contributed by atoms with Crippen molar-refractivity contribution >= 4 is 29.7 Å². The van der Waals surface area contributed by atoms with Gasteiger partial charge in [0.05, 0.1) is 36.6 Å². The van der Waals surface area contributed by atoms with Crippen LogP contribution in [0.4, 0.5) is 0 Å². The Bertz CT molecular complexity index is 1050. The van der Waals surface area contributed by atoms with Crippen LogP contribution in [0.25, 0.3) is 0 Å². The van der Waals surface area contributed by atoms with E-state index in [1.807, 2.05) is 6.92 Å². The number of hydrogen-bond acceptors (Lipinski definition) is 9. The number of aliphatic hydroxyl groups is 3. The summed E-state index contributed by atoms with van der Waals surface area (Å²) in [6, 6.07) is 0. The Balaban J connectivity index is 4.77. The molecule has 0 aromatic heterocycles. The monoisotopic (exact) mass is 656 g/mol. The van der Waals surface area contributed by atoms with Crippen LogP contribution in [-0.4, -0.2) is 84.7 Å². The van der Waals surface area contributed by atoms with Crippen molar-refractivity contribution in [2.45, 2.75) is 124 Å². The molecule has 0 aliphatic rings. The Labute approximate surface area is 272 Å². The number of aliphatic carboxylic acids is 3. The highest BCUT2D eigenvalue weighted by Crippen LogP contribution is 2.25. The maximum absolute atomic E-state index is 12.8. The molecule has 0 amide bonds. The first-order chi connectivity index (χ1) is 21.3. The van der Waals surface area contributed by atoms with E-state index in [1.165, 1.54) is 6.92 Å². The third-order valence-corrected chi connectivity index (χ3v) is 8.84. The number of Topliss-reactive ketones (excluding diaryl/α,β-unsaturated/α-hetero) is 1. The largest absolute Gasteiger partial charge is 0.481 e. The Morgan fingerprint density at radius 3 is 1.80 bits per heavy atom. The molecule has 0 aromatic rings. The Hall–Kier alpha value is -3.09. The number of ether oxygens (including phenoxy) is 1. The molecule has 12 nitrogen and oxygen atoms in total. The van der Waals surface area contributed by atoms with Crippen molar-refractivity contribution in [3.05, 3.63) is 23.8 Å². The second kappa shape index (κ2) is 21.7. The SMILES string of the molecule is CCC(/C=C/C(=O)O)=C\CC[C@H](C)C[C@@H](C)CC[C@H](O)[C@H](C)C(=O)C[C@@H](O)[C@H](C)[C@@H](C)OC(=O)C[C@@H](O)C(C(=O)O)C(C)C(=O)O. The second-order valence-corrected chi connectivity index (χ2v) is 12.8. The Morgan fingerprint density at radius 2 is 1.28 bits per heavy atom. The molecule has 0 saturated carbocycles. The zero-order valence-corrected chi connectivity index (χ0v) is 28.3. The lowest BCUT2D eigenvalue weighted by atomic mass is 9.85. The zero-order chi connectivity index (χ0) is 35.7. The van der Waals surface area contributed by atoms with Crippen LogP contribution in [-0.2, 0) is 28.7 Å². The second-order valence-electron chi connectivity index (χ2n) is 12.8. The van der Waals surface area contributed by atoms with Crippen molar-refractivity contribution in [1.29, 1.82) is 0 Å². The van der Waals surface area contributed by atoms with Gasteiger partial charge in [-0.1, -0.05) is 59.3 Å². The highest BCUT2D eigenvalue weighted by Gasteiger charge is 2.38. The molecule has 12 heteroatoms. The molecule has 2 unspecified atom stereocenters. The third kappa shape index (κ3) is 16.5. The highest BCUT2D eigenvalue weighted by atomic mass is 16.5.